The van der Waals surface area contributed by atoms with Crippen molar-refractivity contribution in [1.29, 1.82) is 0 Å². The normalized spacial score (nSPS) is 15.6. The molecule has 4 rings (SSSR count). The number of carbonyl (C=O) groups excluding carboxylic acids is 1. The molecule has 0 unspecified atom stereocenters. The van der Waals surface area contributed by atoms with Crippen molar-refractivity contribution in [2.24, 2.45) is 13.0 Å². The molecule has 1 aliphatic heterocycles. The molecule has 0 spiro atoms. The number of para-hydroxylation sites is 1. The van der Waals surface area contributed by atoms with Crippen LogP contribution < -0.4 is 0 Å². The molecule has 1 fully saturated rings. The maximum Gasteiger partial charge on any atom is 0.227 e. The first-order valence-electron chi connectivity index (χ1n) is 9.96. The van der Waals surface area contributed by atoms with Gasteiger partial charge >= 0.3 is 0 Å². The second kappa shape index (κ2) is 7.59. The van der Waals surface area contributed by atoms with Gasteiger partial charge in [0.2, 0.25) is 5.91 Å². The topological polar surface area (TPSA) is 43.1 Å². The van der Waals surface area contributed by atoms with Crippen LogP contribution in [0.15, 0.2) is 42.9 Å². The summed E-state index contributed by atoms with van der Waals surface area (Å²) >= 11 is 0. The lowest BCUT2D eigenvalue weighted by Crippen LogP contribution is -2.40. The van der Waals surface area contributed by atoms with Crippen molar-refractivity contribution >= 4 is 16.8 Å². The van der Waals surface area contributed by atoms with Crippen molar-refractivity contribution in [3.05, 3.63) is 54.2 Å². The number of hydrogen-bond donors (Lipinski definition) is 0. The van der Waals surface area contributed by atoms with Gasteiger partial charge in [-0.2, -0.15) is 0 Å². The quantitative estimate of drug-likeness (QED) is 0.696. The fourth-order valence-corrected chi connectivity index (χ4v) is 4.30. The Labute approximate surface area is 160 Å². The maximum atomic E-state index is 12.8. The summed E-state index contributed by atoms with van der Waals surface area (Å²) in [7, 11) is 2.04. The Kier molecular flexibility index (Phi) is 5.01. The number of fused-ring (bicyclic) bond motifs is 1. The summed E-state index contributed by atoms with van der Waals surface area (Å²) in [6, 6.07) is 8.31. The molecular weight excluding hydrogens is 336 g/mol. The standard InChI is InChI=1S/C22H28N4O/c1-3-21-23-10-13-26(21)15-17-8-11-25(12-9-17)22(27)14-18-16-24(2)20-7-5-4-6-19(18)20/h4-7,10,13,16-17H,3,8-9,11-12,14-15H2,1-2H3. The Morgan fingerprint density at radius 1 is 1.22 bits per heavy atom. The van der Waals surface area contributed by atoms with E-state index < -0.39 is 0 Å². The van der Waals surface area contributed by atoms with Crippen molar-refractivity contribution in [3.8, 4) is 0 Å². The van der Waals surface area contributed by atoms with Crippen LogP contribution in [-0.4, -0.2) is 38.0 Å². The molecule has 0 radical (unpaired) electrons. The highest BCUT2D eigenvalue weighted by atomic mass is 16.2. The number of carbonyl (C=O) groups is 1. The van der Waals surface area contributed by atoms with E-state index in [1.165, 1.54) is 10.9 Å². The van der Waals surface area contributed by atoms with E-state index in [0.29, 0.717) is 12.3 Å². The predicted octanol–water partition coefficient (Wildman–Crippen LogP) is 3.42. The van der Waals surface area contributed by atoms with E-state index >= 15 is 0 Å². The molecule has 0 aliphatic carbocycles. The minimum Gasteiger partial charge on any atom is -0.350 e. The lowest BCUT2D eigenvalue weighted by molar-refractivity contribution is -0.131. The minimum atomic E-state index is 0.252. The van der Waals surface area contributed by atoms with Crippen LogP contribution in [0.3, 0.4) is 0 Å². The molecular formula is C22H28N4O. The molecule has 27 heavy (non-hydrogen) atoms. The van der Waals surface area contributed by atoms with Crippen LogP contribution in [-0.2, 0) is 31.2 Å². The number of hydrogen-bond acceptors (Lipinski definition) is 2. The highest BCUT2D eigenvalue weighted by molar-refractivity contribution is 5.89. The molecule has 1 amide bonds. The summed E-state index contributed by atoms with van der Waals surface area (Å²) in [5, 5.41) is 1.19. The lowest BCUT2D eigenvalue weighted by atomic mass is 9.96. The highest BCUT2D eigenvalue weighted by Crippen LogP contribution is 2.24. The number of amides is 1. The van der Waals surface area contributed by atoms with Crippen molar-refractivity contribution in [1.82, 2.24) is 19.0 Å². The van der Waals surface area contributed by atoms with Gasteiger partial charge in [-0.05, 0) is 30.4 Å². The average molecular weight is 364 g/mol. The van der Waals surface area contributed by atoms with Gasteiger partial charge in [-0.3, -0.25) is 4.79 Å². The molecule has 0 N–H and O–H groups in total. The van der Waals surface area contributed by atoms with E-state index in [-0.39, 0.29) is 5.91 Å². The average Bonchev–Trinajstić information content (AvgIpc) is 3.27. The van der Waals surface area contributed by atoms with Gasteiger partial charge in [0.1, 0.15) is 5.82 Å². The van der Waals surface area contributed by atoms with Gasteiger partial charge < -0.3 is 14.0 Å². The van der Waals surface area contributed by atoms with Gasteiger partial charge in [-0.1, -0.05) is 25.1 Å². The largest absolute Gasteiger partial charge is 0.350 e. The first-order chi connectivity index (χ1) is 13.2. The molecule has 1 saturated heterocycles. The fraction of sp³-hybridized carbons (Fsp3) is 0.455. The van der Waals surface area contributed by atoms with Gasteiger partial charge in [0, 0.05) is 62.6 Å². The number of aromatic nitrogens is 3. The molecule has 2 aromatic heterocycles. The number of imidazole rings is 1. The third-order valence-electron chi connectivity index (χ3n) is 5.86. The van der Waals surface area contributed by atoms with E-state index in [4.69, 9.17) is 0 Å². The summed E-state index contributed by atoms with van der Waals surface area (Å²) in [5.74, 6) is 2.04. The zero-order valence-corrected chi connectivity index (χ0v) is 16.3. The van der Waals surface area contributed by atoms with Crippen LogP contribution in [0.4, 0.5) is 0 Å². The van der Waals surface area contributed by atoms with Gasteiger partial charge in [0.25, 0.3) is 0 Å². The van der Waals surface area contributed by atoms with E-state index in [2.05, 4.69) is 45.6 Å². The van der Waals surface area contributed by atoms with E-state index in [1.807, 2.05) is 30.3 Å². The minimum absolute atomic E-state index is 0.252. The van der Waals surface area contributed by atoms with Crippen molar-refractivity contribution in [2.45, 2.75) is 39.2 Å². The molecule has 1 aromatic carbocycles. The third kappa shape index (κ3) is 3.64. The first-order valence-corrected chi connectivity index (χ1v) is 9.96. The van der Waals surface area contributed by atoms with E-state index in [1.54, 1.807) is 0 Å². The highest BCUT2D eigenvalue weighted by Gasteiger charge is 2.24. The van der Waals surface area contributed by atoms with Crippen LogP contribution in [0, 0.1) is 5.92 Å². The Balaban J connectivity index is 1.36. The first kappa shape index (κ1) is 17.8. The zero-order chi connectivity index (χ0) is 18.8. The molecule has 0 saturated carbocycles. The number of nitrogens with zero attached hydrogens (tertiary/aromatic N) is 4. The summed E-state index contributed by atoms with van der Waals surface area (Å²) < 4.78 is 4.39. The second-order valence-corrected chi connectivity index (χ2v) is 7.63. The molecule has 142 valence electrons. The second-order valence-electron chi connectivity index (χ2n) is 7.63. The maximum absolute atomic E-state index is 12.8. The molecule has 1 aliphatic rings. The smallest absolute Gasteiger partial charge is 0.227 e. The summed E-state index contributed by atoms with van der Waals surface area (Å²) in [4.78, 5) is 19.3. The summed E-state index contributed by atoms with van der Waals surface area (Å²) in [6.07, 6.45) is 9.67. The van der Waals surface area contributed by atoms with Crippen LogP contribution in [0.2, 0.25) is 0 Å². The van der Waals surface area contributed by atoms with E-state index in [0.717, 1.165) is 50.3 Å². The molecule has 0 atom stereocenters. The Hall–Kier alpha value is -2.56. The molecule has 5 heteroatoms. The Morgan fingerprint density at radius 2 is 2.00 bits per heavy atom. The predicted molar refractivity (Wildman–Crippen MR) is 108 cm³/mol. The van der Waals surface area contributed by atoms with Crippen LogP contribution in [0.1, 0.15) is 31.2 Å². The lowest BCUT2D eigenvalue weighted by Gasteiger charge is -2.32. The van der Waals surface area contributed by atoms with Crippen molar-refractivity contribution < 1.29 is 4.79 Å². The van der Waals surface area contributed by atoms with Crippen LogP contribution in [0.5, 0.6) is 0 Å². The summed E-state index contributed by atoms with van der Waals surface area (Å²) in [6.45, 7) is 4.90. The monoisotopic (exact) mass is 364 g/mol. The number of benzene rings is 1. The van der Waals surface area contributed by atoms with Gasteiger partial charge in [-0.15, -0.1) is 0 Å². The molecule has 3 aromatic rings. The van der Waals surface area contributed by atoms with Crippen molar-refractivity contribution in [2.75, 3.05) is 13.1 Å². The molecule has 3 heterocycles. The Morgan fingerprint density at radius 3 is 2.78 bits per heavy atom. The number of piperidine rings is 1. The zero-order valence-electron chi connectivity index (χ0n) is 16.3. The fourth-order valence-electron chi connectivity index (χ4n) is 4.30. The van der Waals surface area contributed by atoms with E-state index in [9.17, 15) is 4.79 Å². The van der Waals surface area contributed by atoms with Gasteiger partial charge in [0.05, 0.1) is 6.42 Å². The third-order valence-corrected chi connectivity index (χ3v) is 5.86. The SMILES string of the molecule is CCc1nccn1CC1CCN(C(=O)Cc2cn(C)c3ccccc23)CC1. The number of likely N-dealkylation sites (tertiary alicyclic amines) is 1. The number of aryl methyl sites for hydroxylation is 2. The molecule has 0 bridgehead atoms. The van der Waals surface area contributed by atoms with Crippen LogP contribution in [0.25, 0.3) is 10.9 Å². The van der Waals surface area contributed by atoms with Crippen molar-refractivity contribution in [3.63, 3.8) is 0 Å². The van der Waals surface area contributed by atoms with Gasteiger partial charge in [-0.25, -0.2) is 4.98 Å². The summed E-state index contributed by atoms with van der Waals surface area (Å²) in [5.41, 5.74) is 2.32. The molecule has 5 nitrogen and oxygen atoms in total. The van der Waals surface area contributed by atoms with Crippen LogP contribution >= 0.6 is 0 Å². The van der Waals surface area contributed by atoms with Gasteiger partial charge in [0.15, 0.2) is 0 Å². The number of rotatable bonds is 5. The Bertz CT molecular complexity index is 931.